The smallest absolute Gasteiger partial charge is 0.407 e. The lowest BCUT2D eigenvalue weighted by Gasteiger charge is -2.29. The highest BCUT2D eigenvalue weighted by molar-refractivity contribution is 7.91. The number of sulfonamides is 1. The van der Waals surface area contributed by atoms with Gasteiger partial charge < -0.3 is 25.0 Å². The molecule has 1 aromatic heterocycles. The number of amides is 4. The number of nitrogens with one attached hydrogen (secondary N) is 3. The zero-order valence-corrected chi connectivity index (χ0v) is 31.7. The molecule has 3 heterocycles. The highest BCUT2D eigenvalue weighted by Gasteiger charge is 2.62. The standard InChI is InChI=1S/C41H47N5O8S/c1-3-5-15-33-38(48)46-25-29(22-35(46)37(47)44-41(24-28(41)4-2)39(49)45-55(51,52)30-17-18-30)54-36-23-34(27-13-9-6-10-14-27)42-32-19-16-26(21-31(32)36)12-8-7-11-20-53-40(50)43-33/h4,6,8-10,12-14,16,19,21,23,28-30,33,35H,2-3,5,7,11,15,17-18,20,22,24-25H2,1H3,(H,43,50)(H,44,47)(H,45,49)/t28-,29+,33+,35+,41-/m1/s1. The summed E-state index contributed by atoms with van der Waals surface area (Å²) in [6.45, 7) is 5.92. The first-order chi connectivity index (χ1) is 26.5. The lowest BCUT2D eigenvalue weighted by atomic mass is 10.1. The van der Waals surface area contributed by atoms with Crippen molar-refractivity contribution >= 4 is 50.8 Å². The molecule has 5 atom stereocenters. The summed E-state index contributed by atoms with van der Waals surface area (Å²) in [7, 11) is -3.90. The fourth-order valence-corrected chi connectivity index (χ4v) is 8.74. The topological polar surface area (TPSA) is 173 Å². The van der Waals surface area contributed by atoms with E-state index >= 15 is 0 Å². The zero-order chi connectivity index (χ0) is 38.7. The minimum absolute atomic E-state index is 0.000491. The average Bonchev–Trinajstić information content (AvgIpc) is 4.11. The molecule has 3 fully saturated rings. The van der Waals surface area contributed by atoms with Gasteiger partial charge in [-0.1, -0.05) is 74.4 Å². The number of nitrogens with zero attached hydrogens (tertiary/aromatic N) is 2. The number of alkyl carbamates (subject to hydrolysis) is 1. The van der Waals surface area contributed by atoms with Gasteiger partial charge in [0.1, 0.15) is 29.5 Å². The van der Waals surface area contributed by atoms with E-state index in [0.29, 0.717) is 55.5 Å². The van der Waals surface area contributed by atoms with Gasteiger partial charge in [-0.15, -0.1) is 6.58 Å². The first-order valence-electron chi connectivity index (χ1n) is 19.1. The van der Waals surface area contributed by atoms with E-state index in [0.717, 1.165) is 22.9 Å². The average molecular weight is 770 g/mol. The number of carbonyl (C=O) groups excluding carboxylic acids is 4. The van der Waals surface area contributed by atoms with Crippen LogP contribution in [0.5, 0.6) is 5.75 Å². The second kappa shape index (κ2) is 15.9. The molecule has 0 spiro atoms. The van der Waals surface area contributed by atoms with Crippen LogP contribution in [0.25, 0.3) is 28.2 Å². The summed E-state index contributed by atoms with van der Waals surface area (Å²) in [4.78, 5) is 61.7. The second-order valence-electron chi connectivity index (χ2n) is 14.8. The maximum Gasteiger partial charge on any atom is 0.407 e. The third-order valence-electron chi connectivity index (χ3n) is 10.8. The van der Waals surface area contributed by atoms with E-state index in [1.165, 1.54) is 11.0 Å². The third kappa shape index (κ3) is 8.38. The normalized spacial score (nSPS) is 25.6. The molecule has 2 saturated carbocycles. The van der Waals surface area contributed by atoms with Gasteiger partial charge in [0.2, 0.25) is 21.8 Å². The van der Waals surface area contributed by atoms with E-state index in [1.807, 2.05) is 73.7 Å². The molecule has 13 nitrogen and oxygen atoms in total. The monoisotopic (exact) mass is 769 g/mol. The molecular weight excluding hydrogens is 723 g/mol. The number of cyclic esters (lactones) is 1. The van der Waals surface area contributed by atoms with Gasteiger partial charge in [0.15, 0.2) is 0 Å². The summed E-state index contributed by atoms with van der Waals surface area (Å²) in [5.41, 5.74) is 1.66. The summed E-state index contributed by atoms with van der Waals surface area (Å²) in [6, 6.07) is 15.3. The molecule has 0 radical (unpaired) electrons. The van der Waals surface area contributed by atoms with Gasteiger partial charge in [-0.3, -0.25) is 19.1 Å². The number of fused-ring (bicyclic) bond motifs is 3. The molecule has 3 N–H and O–H groups in total. The summed E-state index contributed by atoms with van der Waals surface area (Å²) in [5.74, 6) is -1.94. The molecule has 0 unspecified atom stereocenters. The Hall–Kier alpha value is -5.24. The van der Waals surface area contributed by atoms with E-state index < -0.39 is 68.7 Å². The molecular formula is C41H47N5O8S. The van der Waals surface area contributed by atoms with Crippen LogP contribution in [0.4, 0.5) is 4.79 Å². The number of unbranched alkanes of at least 4 members (excludes halogenated alkanes) is 1. The predicted molar refractivity (Wildman–Crippen MR) is 207 cm³/mol. The van der Waals surface area contributed by atoms with Crippen molar-refractivity contribution in [2.75, 3.05) is 13.2 Å². The van der Waals surface area contributed by atoms with Crippen LogP contribution in [0.3, 0.4) is 0 Å². The van der Waals surface area contributed by atoms with Crippen molar-refractivity contribution in [3.8, 4) is 17.0 Å². The molecule has 3 aromatic rings. The van der Waals surface area contributed by atoms with Gasteiger partial charge in [-0.05, 0) is 56.2 Å². The van der Waals surface area contributed by atoms with Crippen molar-refractivity contribution in [3.05, 3.63) is 78.9 Å². The van der Waals surface area contributed by atoms with Crippen molar-refractivity contribution in [1.82, 2.24) is 25.2 Å². The highest BCUT2D eigenvalue weighted by Crippen LogP contribution is 2.45. The lowest BCUT2D eigenvalue weighted by molar-refractivity contribution is -0.141. The van der Waals surface area contributed by atoms with E-state index in [9.17, 15) is 27.6 Å². The molecule has 2 aliphatic heterocycles. The van der Waals surface area contributed by atoms with Gasteiger partial charge in [0.05, 0.1) is 29.6 Å². The Labute approximate surface area is 321 Å². The highest BCUT2D eigenvalue weighted by atomic mass is 32.2. The molecule has 4 amide bonds. The molecule has 1 saturated heterocycles. The molecule has 2 aromatic carbocycles. The Balaban J connectivity index is 1.25. The van der Waals surface area contributed by atoms with Crippen molar-refractivity contribution in [3.63, 3.8) is 0 Å². The number of hydrogen-bond acceptors (Lipinski definition) is 9. The Morgan fingerprint density at radius 3 is 2.65 bits per heavy atom. The largest absolute Gasteiger partial charge is 0.488 e. The first kappa shape index (κ1) is 38.1. The zero-order valence-electron chi connectivity index (χ0n) is 30.9. The third-order valence-corrected chi connectivity index (χ3v) is 12.6. The number of pyridine rings is 1. The Kier molecular flexibility index (Phi) is 11.0. The predicted octanol–water partition coefficient (Wildman–Crippen LogP) is 5.01. The summed E-state index contributed by atoms with van der Waals surface area (Å²) in [5, 5.41) is 5.68. The minimum atomic E-state index is -3.90. The molecule has 4 aliphatic rings. The van der Waals surface area contributed by atoms with Gasteiger partial charge in [0.25, 0.3) is 5.91 Å². The van der Waals surface area contributed by atoms with E-state index in [-0.39, 0.29) is 26.0 Å². The molecule has 14 heteroatoms. The maximum absolute atomic E-state index is 14.5. The first-order valence-corrected chi connectivity index (χ1v) is 20.6. The summed E-state index contributed by atoms with van der Waals surface area (Å²) < 4.78 is 39.9. The van der Waals surface area contributed by atoms with Gasteiger partial charge in [-0.2, -0.15) is 0 Å². The van der Waals surface area contributed by atoms with Crippen LogP contribution in [0.1, 0.15) is 70.3 Å². The van der Waals surface area contributed by atoms with Crippen LogP contribution < -0.4 is 20.1 Å². The van der Waals surface area contributed by atoms with Crippen LogP contribution in [0.2, 0.25) is 0 Å². The Morgan fingerprint density at radius 1 is 1.13 bits per heavy atom. The molecule has 7 rings (SSSR count). The van der Waals surface area contributed by atoms with Crippen LogP contribution in [-0.2, 0) is 29.1 Å². The number of allylic oxidation sites excluding steroid dienone is 1. The maximum atomic E-state index is 14.5. The molecule has 55 heavy (non-hydrogen) atoms. The van der Waals surface area contributed by atoms with Crippen molar-refractivity contribution in [1.29, 1.82) is 0 Å². The number of carbonyl (C=O) groups is 4. The number of ether oxygens (including phenoxy) is 2. The van der Waals surface area contributed by atoms with E-state index in [4.69, 9.17) is 14.5 Å². The number of benzene rings is 2. The minimum Gasteiger partial charge on any atom is -0.488 e. The summed E-state index contributed by atoms with van der Waals surface area (Å²) >= 11 is 0. The fourth-order valence-electron chi connectivity index (χ4n) is 7.38. The van der Waals surface area contributed by atoms with Crippen LogP contribution >= 0.6 is 0 Å². The van der Waals surface area contributed by atoms with E-state index in [2.05, 4.69) is 21.9 Å². The Morgan fingerprint density at radius 2 is 1.93 bits per heavy atom. The van der Waals surface area contributed by atoms with Gasteiger partial charge in [-0.25, -0.2) is 18.2 Å². The number of aromatic nitrogens is 1. The summed E-state index contributed by atoms with van der Waals surface area (Å²) in [6.07, 6.45) is 8.17. The van der Waals surface area contributed by atoms with Crippen molar-refractivity contribution < 1.29 is 37.1 Å². The van der Waals surface area contributed by atoms with Gasteiger partial charge >= 0.3 is 6.09 Å². The van der Waals surface area contributed by atoms with Crippen LogP contribution in [-0.4, -0.2) is 84.2 Å². The fraction of sp³-hybridized carbons (Fsp3) is 0.439. The van der Waals surface area contributed by atoms with Gasteiger partial charge in [0, 0.05) is 29.4 Å². The molecule has 4 bridgehead atoms. The quantitative estimate of drug-likeness (QED) is 0.240. The molecule has 2 aliphatic carbocycles. The number of hydrogen-bond donors (Lipinski definition) is 3. The van der Waals surface area contributed by atoms with Crippen molar-refractivity contribution in [2.45, 2.75) is 93.7 Å². The Bertz CT molecular complexity index is 2120. The molecule has 290 valence electrons. The second-order valence-corrected chi connectivity index (χ2v) is 16.8. The number of rotatable bonds is 10. The van der Waals surface area contributed by atoms with Crippen molar-refractivity contribution in [2.24, 2.45) is 5.92 Å². The lowest BCUT2D eigenvalue weighted by Crippen LogP contribution is -2.58. The van der Waals surface area contributed by atoms with Crippen LogP contribution in [0, 0.1) is 5.92 Å². The SMILES string of the molecule is C=C[C@@H]1C[C@]1(NC(=O)[C@@H]1C[C@H]2CN1C(=O)[C@H](CCCC)NC(=O)OCCCC=Cc1ccc3nc(-c4ccccc4)cc(c3c1)O2)C(=O)NS(=O)(=O)C1CC1. The van der Waals surface area contributed by atoms with E-state index in [1.54, 1.807) is 0 Å². The van der Waals surface area contributed by atoms with Crippen LogP contribution in [0.15, 0.2) is 73.3 Å².